The molecule has 0 radical (unpaired) electrons. The van der Waals surface area contributed by atoms with E-state index in [4.69, 9.17) is 0 Å². The van der Waals surface area contributed by atoms with Crippen LogP contribution in [0.4, 0.5) is 0 Å². The molecule has 1 N–H and O–H groups in total. The molecule has 20 heavy (non-hydrogen) atoms. The zero-order valence-electron chi connectivity index (χ0n) is 12.6. The Morgan fingerprint density at radius 2 is 2.05 bits per heavy atom. The minimum atomic E-state index is 0.724. The lowest BCUT2D eigenvalue weighted by Crippen LogP contribution is -2.14. The molecule has 110 valence electrons. The molecule has 0 bridgehead atoms. The standard InChI is InChI=1S/C14H24N6/c1-4-7-15-9-13-10-19(18-16-13)11-14-8-12(5-2)17-20(14)6-3/h8,10,15H,4-7,9,11H2,1-3H3. The molecule has 0 fully saturated rings. The number of rotatable bonds is 8. The van der Waals surface area contributed by atoms with Gasteiger partial charge in [-0.25, -0.2) is 4.68 Å². The predicted molar refractivity (Wildman–Crippen MR) is 78.4 cm³/mol. The number of aromatic nitrogens is 5. The summed E-state index contributed by atoms with van der Waals surface area (Å²) >= 11 is 0. The molecule has 0 aliphatic heterocycles. The topological polar surface area (TPSA) is 60.6 Å². The molecule has 0 spiro atoms. The summed E-state index contributed by atoms with van der Waals surface area (Å²) in [6.07, 6.45) is 4.09. The SMILES string of the molecule is CCCNCc1cn(Cc2cc(CC)nn2CC)nn1. The van der Waals surface area contributed by atoms with Crippen molar-refractivity contribution in [3.05, 3.63) is 29.3 Å². The van der Waals surface area contributed by atoms with Crippen molar-refractivity contribution in [2.75, 3.05) is 6.54 Å². The molecule has 0 aliphatic carbocycles. The maximum absolute atomic E-state index is 4.55. The van der Waals surface area contributed by atoms with Gasteiger partial charge in [-0.3, -0.25) is 4.68 Å². The second-order valence-corrected chi connectivity index (χ2v) is 4.88. The van der Waals surface area contributed by atoms with Crippen LogP contribution in [0.1, 0.15) is 44.3 Å². The lowest BCUT2D eigenvalue weighted by atomic mass is 10.3. The summed E-state index contributed by atoms with van der Waals surface area (Å²) in [5.41, 5.74) is 3.30. The van der Waals surface area contributed by atoms with Gasteiger partial charge in [-0.1, -0.05) is 19.1 Å². The summed E-state index contributed by atoms with van der Waals surface area (Å²) in [6.45, 7) is 9.78. The van der Waals surface area contributed by atoms with Crippen molar-refractivity contribution in [1.82, 2.24) is 30.1 Å². The van der Waals surface area contributed by atoms with Crippen LogP contribution in [0, 0.1) is 0 Å². The van der Waals surface area contributed by atoms with Crippen LogP contribution >= 0.6 is 0 Å². The summed E-state index contributed by atoms with van der Waals surface area (Å²) in [5.74, 6) is 0. The fourth-order valence-electron chi connectivity index (χ4n) is 2.14. The minimum Gasteiger partial charge on any atom is -0.311 e. The average Bonchev–Trinajstić information content (AvgIpc) is 3.06. The first kappa shape index (κ1) is 14.7. The number of hydrogen-bond donors (Lipinski definition) is 1. The fourth-order valence-corrected chi connectivity index (χ4v) is 2.14. The van der Waals surface area contributed by atoms with Crippen molar-refractivity contribution in [2.45, 2.75) is 53.2 Å². The Morgan fingerprint density at radius 1 is 1.20 bits per heavy atom. The molecular weight excluding hydrogens is 252 g/mol. The molecule has 6 nitrogen and oxygen atoms in total. The molecule has 0 amide bonds. The van der Waals surface area contributed by atoms with Crippen molar-refractivity contribution in [3.63, 3.8) is 0 Å². The lowest BCUT2D eigenvalue weighted by molar-refractivity contribution is 0.563. The zero-order chi connectivity index (χ0) is 14.4. The van der Waals surface area contributed by atoms with Crippen LogP contribution in [0.5, 0.6) is 0 Å². The first-order chi connectivity index (χ1) is 9.76. The van der Waals surface area contributed by atoms with Crippen molar-refractivity contribution < 1.29 is 0 Å². The van der Waals surface area contributed by atoms with Gasteiger partial charge in [0.15, 0.2) is 0 Å². The Bertz CT molecular complexity index is 528. The van der Waals surface area contributed by atoms with E-state index in [1.807, 2.05) is 15.6 Å². The second-order valence-electron chi connectivity index (χ2n) is 4.88. The Balaban J connectivity index is 2.00. The van der Waals surface area contributed by atoms with E-state index in [1.165, 1.54) is 5.69 Å². The van der Waals surface area contributed by atoms with Crippen molar-refractivity contribution in [3.8, 4) is 0 Å². The predicted octanol–water partition coefficient (Wildman–Crippen LogP) is 1.60. The molecule has 2 aromatic heterocycles. The average molecular weight is 276 g/mol. The van der Waals surface area contributed by atoms with Crippen molar-refractivity contribution in [1.29, 1.82) is 0 Å². The highest BCUT2D eigenvalue weighted by molar-refractivity contribution is 5.11. The zero-order valence-corrected chi connectivity index (χ0v) is 12.6. The van der Waals surface area contributed by atoms with E-state index in [9.17, 15) is 0 Å². The third kappa shape index (κ3) is 3.66. The van der Waals surface area contributed by atoms with Crippen LogP contribution in [0.25, 0.3) is 0 Å². The number of hydrogen-bond acceptors (Lipinski definition) is 4. The minimum absolute atomic E-state index is 0.724. The molecule has 0 saturated heterocycles. The fraction of sp³-hybridized carbons (Fsp3) is 0.643. The summed E-state index contributed by atoms with van der Waals surface area (Å²) in [6, 6.07) is 2.15. The van der Waals surface area contributed by atoms with E-state index in [2.05, 4.69) is 47.6 Å². The molecule has 0 aliphatic rings. The van der Waals surface area contributed by atoms with E-state index in [0.29, 0.717) is 0 Å². The molecule has 2 rings (SSSR count). The van der Waals surface area contributed by atoms with E-state index in [-0.39, 0.29) is 0 Å². The van der Waals surface area contributed by atoms with Gasteiger partial charge in [-0.15, -0.1) is 5.10 Å². The van der Waals surface area contributed by atoms with Gasteiger partial charge in [0.25, 0.3) is 0 Å². The molecular formula is C14H24N6. The van der Waals surface area contributed by atoms with Gasteiger partial charge in [-0.2, -0.15) is 5.10 Å². The first-order valence-electron chi connectivity index (χ1n) is 7.42. The molecule has 2 heterocycles. The van der Waals surface area contributed by atoms with Crippen LogP contribution in [0.2, 0.25) is 0 Å². The third-order valence-corrected chi connectivity index (χ3v) is 3.22. The molecule has 6 heteroatoms. The van der Waals surface area contributed by atoms with Crippen molar-refractivity contribution in [2.24, 2.45) is 0 Å². The quantitative estimate of drug-likeness (QED) is 0.744. The van der Waals surface area contributed by atoms with E-state index >= 15 is 0 Å². The molecule has 0 saturated carbocycles. The summed E-state index contributed by atoms with van der Waals surface area (Å²) in [7, 11) is 0. The molecule has 0 aromatic carbocycles. The highest BCUT2D eigenvalue weighted by atomic mass is 15.4. The number of nitrogens with zero attached hydrogens (tertiary/aromatic N) is 5. The molecule has 2 aromatic rings. The number of nitrogens with one attached hydrogen (secondary N) is 1. The van der Waals surface area contributed by atoms with Crippen LogP contribution in [-0.2, 0) is 26.1 Å². The van der Waals surface area contributed by atoms with E-state index in [1.54, 1.807) is 0 Å². The summed E-state index contributed by atoms with van der Waals surface area (Å²) in [4.78, 5) is 0. The summed E-state index contributed by atoms with van der Waals surface area (Å²) in [5, 5.41) is 16.3. The Labute approximate surface area is 120 Å². The maximum Gasteiger partial charge on any atom is 0.0964 e. The highest BCUT2D eigenvalue weighted by Gasteiger charge is 2.08. The normalized spacial score (nSPS) is 11.2. The number of aryl methyl sites for hydroxylation is 2. The summed E-state index contributed by atoms with van der Waals surface area (Å²) < 4.78 is 3.92. The highest BCUT2D eigenvalue weighted by Crippen LogP contribution is 2.07. The van der Waals surface area contributed by atoms with E-state index in [0.717, 1.165) is 50.4 Å². The van der Waals surface area contributed by atoms with Gasteiger partial charge in [-0.05, 0) is 32.4 Å². The second kappa shape index (κ2) is 7.19. The van der Waals surface area contributed by atoms with E-state index < -0.39 is 0 Å². The largest absolute Gasteiger partial charge is 0.311 e. The lowest BCUT2D eigenvalue weighted by Gasteiger charge is -2.03. The Morgan fingerprint density at radius 3 is 2.75 bits per heavy atom. The Hall–Kier alpha value is -1.69. The molecule has 0 atom stereocenters. The maximum atomic E-state index is 4.55. The van der Waals surface area contributed by atoms with Crippen LogP contribution in [0.3, 0.4) is 0 Å². The smallest absolute Gasteiger partial charge is 0.0964 e. The van der Waals surface area contributed by atoms with Crippen LogP contribution < -0.4 is 5.32 Å². The third-order valence-electron chi connectivity index (χ3n) is 3.22. The first-order valence-corrected chi connectivity index (χ1v) is 7.42. The molecule has 0 unspecified atom stereocenters. The van der Waals surface area contributed by atoms with Crippen LogP contribution in [0.15, 0.2) is 12.3 Å². The van der Waals surface area contributed by atoms with Gasteiger partial charge >= 0.3 is 0 Å². The van der Waals surface area contributed by atoms with Gasteiger partial charge < -0.3 is 5.32 Å². The van der Waals surface area contributed by atoms with Crippen molar-refractivity contribution >= 4 is 0 Å². The van der Waals surface area contributed by atoms with Gasteiger partial charge in [0, 0.05) is 13.1 Å². The van der Waals surface area contributed by atoms with Gasteiger partial charge in [0.05, 0.1) is 29.8 Å². The van der Waals surface area contributed by atoms with Gasteiger partial charge in [0.1, 0.15) is 0 Å². The Kier molecular flexibility index (Phi) is 5.29. The monoisotopic (exact) mass is 276 g/mol. The van der Waals surface area contributed by atoms with Gasteiger partial charge in [0.2, 0.25) is 0 Å². The van der Waals surface area contributed by atoms with Crippen LogP contribution in [-0.4, -0.2) is 31.3 Å².